The van der Waals surface area contributed by atoms with Gasteiger partial charge in [0.15, 0.2) is 5.37 Å². The Morgan fingerprint density at radius 3 is 2.69 bits per heavy atom. The predicted molar refractivity (Wildman–Crippen MR) is 106 cm³/mol. The minimum absolute atomic E-state index is 0.0330. The van der Waals surface area contributed by atoms with E-state index in [1.807, 2.05) is 18.2 Å². The van der Waals surface area contributed by atoms with Crippen molar-refractivity contribution in [3.8, 4) is 11.5 Å². The van der Waals surface area contributed by atoms with Gasteiger partial charge in [-0.05, 0) is 37.3 Å². The maximum Gasteiger partial charge on any atom is 0.341 e. The minimum Gasteiger partial charge on any atom is -0.544 e. The number of ether oxygens (including phenoxy) is 3. The number of carbonyl (C=O) groups excluding carboxylic acids is 2. The summed E-state index contributed by atoms with van der Waals surface area (Å²) in [7, 11) is 1.58. The van der Waals surface area contributed by atoms with Crippen LogP contribution in [0.2, 0.25) is 0 Å². The summed E-state index contributed by atoms with van der Waals surface area (Å²) in [6.07, 6.45) is 0. The number of thioether (sulfide) groups is 1. The van der Waals surface area contributed by atoms with Gasteiger partial charge in [-0.1, -0.05) is 23.9 Å². The van der Waals surface area contributed by atoms with Crippen molar-refractivity contribution < 1.29 is 34.2 Å². The summed E-state index contributed by atoms with van der Waals surface area (Å²) in [5.41, 5.74) is 2.13. The zero-order valence-electron chi connectivity index (χ0n) is 16.3. The van der Waals surface area contributed by atoms with E-state index < -0.39 is 18.0 Å². The van der Waals surface area contributed by atoms with E-state index in [1.165, 1.54) is 0 Å². The smallest absolute Gasteiger partial charge is 0.341 e. The molecule has 3 rings (SSSR count). The zero-order chi connectivity index (χ0) is 20.8. The van der Waals surface area contributed by atoms with E-state index >= 15 is 0 Å². The number of hydrogen-bond donors (Lipinski definition) is 1. The number of benzene rings is 2. The van der Waals surface area contributed by atoms with Gasteiger partial charge in [-0.2, -0.15) is 0 Å². The van der Waals surface area contributed by atoms with Gasteiger partial charge in [-0.3, -0.25) is 0 Å². The van der Waals surface area contributed by atoms with Crippen molar-refractivity contribution in [2.24, 2.45) is 0 Å². The first-order valence-electron chi connectivity index (χ1n) is 9.26. The highest BCUT2D eigenvalue weighted by Crippen LogP contribution is 2.31. The number of para-hydroxylation sites is 1. The van der Waals surface area contributed by atoms with Gasteiger partial charge in [0.2, 0.25) is 0 Å². The Kier molecular flexibility index (Phi) is 7.00. The van der Waals surface area contributed by atoms with Gasteiger partial charge in [0.05, 0.1) is 19.5 Å². The summed E-state index contributed by atoms with van der Waals surface area (Å²) in [5, 5.41) is 12.9. The Balaban J connectivity index is 1.77. The van der Waals surface area contributed by atoms with E-state index in [0.717, 1.165) is 11.1 Å². The number of carbonyl (C=O) groups is 2. The number of hydrogen-bond acceptors (Lipinski definition) is 7. The van der Waals surface area contributed by atoms with Gasteiger partial charge in [0, 0.05) is 11.1 Å². The van der Waals surface area contributed by atoms with Gasteiger partial charge >= 0.3 is 5.97 Å². The van der Waals surface area contributed by atoms with E-state index in [-0.39, 0.29) is 18.6 Å². The van der Waals surface area contributed by atoms with E-state index in [0.29, 0.717) is 22.8 Å². The van der Waals surface area contributed by atoms with Gasteiger partial charge in [-0.15, -0.1) is 0 Å². The van der Waals surface area contributed by atoms with Crippen molar-refractivity contribution in [2.75, 3.05) is 19.5 Å². The average Bonchev–Trinajstić information content (AvgIpc) is 3.23. The average molecular weight is 417 g/mol. The SMILES string of the molecule is CCOC(=O)c1ccccc1OCc1cc([C@@H]2[NH2+][C@@H](C(=O)[O-])CS2)ccc1OC. The van der Waals surface area contributed by atoms with Crippen molar-refractivity contribution in [3.05, 3.63) is 59.2 Å². The highest BCUT2D eigenvalue weighted by atomic mass is 32.2. The Bertz CT molecular complexity index is 887. The van der Waals surface area contributed by atoms with Crippen LogP contribution in [0.1, 0.15) is 33.8 Å². The maximum absolute atomic E-state index is 12.1. The molecule has 1 aliphatic heterocycles. The normalized spacial score (nSPS) is 18.3. The number of methoxy groups -OCH3 is 1. The van der Waals surface area contributed by atoms with Gasteiger partial charge < -0.3 is 29.4 Å². The molecule has 0 aromatic heterocycles. The summed E-state index contributed by atoms with van der Waals surface area (Å²) >= 11 is 1.56. The van der Waals surface area contributed by atoms with Crippen LogP contribution in [0.25, 0.3) is 0 Å². The summed E-state index contributed by atoms with van der Waals surface area (Å²) in [4.78, 5) is 23.2. The highest BCUT2D eigenvalue weighted by molar-refractivity contribution is 7.99. The standard InChI is InChI=1S/C21H23NO6S/c1-3-27-21(25)15-6-4-5-7-18(15)28-11-14-10-13(8-9-17(14)26-2)19-22-16(12-29-19)20(23)24/h4-10,16,19,22H,3,11-12H2,1-2H3,(H,23,24)/t16-,19-/m1/s1. The summed E-state index contributed by atoms with van der Waals surface area (Å²) < 4.78 is 16.4. The minimum atomic E-state index is -1.05. The van der Waals surface area contributed by atoms with Crippen molar-refractivity contribution in [2.45, 2.75) is 24.9 Å². The third kappa shape index (κ3) is 5.02. The lowest BCUT2D eigenvalue weighted by molar-refractivity contribution is -0.690. The largest absolute Gasteiger partial charge is 0.544 e. The third-order valence-corrected chi connectivity index (χ3v) is 5.90. The molecule has 29 heavy (non-hydrogen) atoms. The first-order chi connectivity index (χ1) is 14.0. The summed E-state index contributed by atoms with van der Waals surface area (Å²) in [6.45, 7) is 2.22. The molecule has 1 heterocycles. The monoisotopic (exact) mass is 417 g/mol. The van der Waals surface area contributed by atoms with Gasteiger partial charge in [0.25, 0.3) is 0 Å². The molecular formula is C21H23NO6S. The molecule has 1 fully saturated rings. The number of quaternary nitrogens is 1. The molecule has 2 aromatic rings. The van der Waals surface area contributed by atoms with Crippen LogP contribution in [0, 0.1) is 0 Å². The fraction of sp³-hybridized carbons (Fsp3) is 0.333. The molecule has 1 saturated heterocycles. The van der Waals surface area contributed by atoms with Crippen LogP contribution in [0.4, 0.5) is 0 Å². The summed E-state index contributed by atoms with van der Waals surface area (Å²) in [5.74, 6) is 0.0957. The molecule has 154 valence electrons. The Labute approximate surface area is 173 Å². The molecule has 0 saturated carbocycles. The molecule has 0 unspecified atom stereocenters. The second-order valence-electron chi connectivity index (χ2n) is 6.45. The Morgan fingerprint density at radius 2 is 2.00 bits per heavy atom. The molecule has 0 aliphatic carbocycles. The lowest BCUT2D eigenvalue weighted by Crippen LogP contribution is -2.90. The number of aliphatic carboxylic acids is 1. The van der Waals surface area contributed by atoms with E-state index in [1.54, 1.807) is 55.4 Å². The molecule has 2 N–H and O–H groups in total. The second kappa shape index (κ2) is 9.67. The fourth-order valence-corrected chi connectivity index (χ4v) is 4.40. The Hall–Kier alpha value is -2.71. The van der Waals surface area contributed by atoms with Crippen LogP contribution in [0.15, 0.2) is 42.5 Å². The van der Waals surface area contributed by atoms with Crippen molar-refractivity contribution in [3.63, 3.8) is 0 Å². The summed E-state index contributed by atoms with van der Waals surface area (Å²) in [6, 6.07) is 12.1. The van der Waals surface area contributed by atoms with E-state index in [4.69, 9.17) is 14.2 Å². The first-order valence-corrected chi connectivity index (χ1v) is 10.3. The van der Waals surface area contributed by atoms with E-state index in [9.17, 15) is 14.7 Å². The molecule has 0 bridgehead atoms. The zero-order valence-corrected chi connectivity index (χ0v) is 17.1. The van der Waals surface area contributed by atoms with Crippen LogP contribution in [0.5, 0.6) is 11.5 Å². The number of esters is 1. The molecule has 0 amide bonds. The van der Waals surface area contributed by atoms with Crippen molar-refractivity contribution in [1.82, 2.24) is 0 Å². The number of nitrogens with two attached hydrogens (primary N) is 1. The predicted octanol–water partition coefficient (Wildman–Crippen LogP) is 0.878. The maximum atomic E-state index is 12.1. The highest BCUT2D eigenvalue weighted by Gasteiger charge is 2.31. The molecule has 2 atom stereocenters. The van der Waals surface area contributed by atoms with Gasteiger partial charge in [0.1, 0.15) is 35.7 Å². The molecule has 1 aliphatic rings. The quantitative estimate of drug-likeness (QED) is 0.636. The number of carboxylic acids is 1. The lowest BCUT2D eigenvalue weighted by Gasteiger charge is -2.16. The molecule has 7 nitrogen and oxygen atoms in total. The van der Waals surface area contributed by atoms with Crippen LogP contribution in [0.3, 0.4) is 0 Å². The van der Waals surface area contributed by atoms with Gasteiger partial charge in [-0.25, -0.2) is 4.79 Å². The van der Waals surface area contributed by atoms with Crippen molar-refractivity contribution in [1.29, 1.82) is 0 Å². The lowest BCUT2D eigenvalue weighted by atomic mass is 10.1. The second-order valence-corrected chi connectivity index (χ2v) is 7.62. The van der Waals surface area contributed by atoms with Crippen molar-refractivity contribution >= 4 is 23.7 Å². The van der Waals surface area contributed by atoms with E-state index in [2.05, 4.69) is 0 Å². The van der Waals surface area contributed by atoms with Crippen LogP contribution in [-0.4, -0.2) is 37.4 Å². The number of rotatable bonds is 8. The molecule has 8 heteroatoms. The van der Waals surface area contributed by atoms with Crippen LogP contribution in [-0.2, 0) is 16.1 Å². The van der Waals surface area contributed by atoms with Crippen LogP contribution >= 0.6 is 11.8 Å². The molecule has 2 aromatic carbocycles. The third-order valence-electron chi connectivity index (χ3n) is 4.56. The molecule has 0 radical (unpaired) electrons. The Morgan fingerprint density at radius 1 is 1.21 bits per heavy atom. The van der Waals surface area contributed by atoms with Crippen LogP contribution < -0.4 is 19.9 Å². The molecule has 0 spiro atoms. The molecular weight excluding hydrogens is 394 g/mol. The number of carboxylic acid groups (broad SMARTS) is 1. The fourth-order valence-electron chi connectivity index (χ4n) is 3.10. The topological polar surface area (TPSA) is 102 Å². The first kappa shape index (κ1) is 21.0.